The Morgan fingerprint density at radius 2 is 1.81 bits per heavy atom. The van der Waals surface area contributed by atoms with Gasteiger partial charge in [0.1, 0.15) is 5.76 Å². The molecule has 0 aromatic carbocycles. The highest BCUT2D eigenvalue weighted by Crippen LogP contribution is 2.59. The van der Waals surface area contributed by atoms with Crippen LogP contribution in [-0.2, 0) is 6.42 Å². The SMILES string of the molecule is CC(C)NCCc1ncc(C2C3CC4CC(C3)CC2C4)o1. The second kappa shape index (κ2) is 5.42. The van der Waals surface area contributed by atoms with Crippen LogP contribution in [0.5, 0.6) is 0 Å². The van der Waals surface area contributed by atoms with Crippen molar-refractivity contribution < 1.29 is 4.42 Å². The maximum Gasteiger partial charge on any atom is 0.195 e. The highest BCUT2D eigenvalue weighted by Gasteiger charge is 2.49. The van der Waals surface area contributed by atoms with Crippen LogP contribution in [0.1, 0.15) is 63.5 Å². The maximum atomic E-state index is 6.14. The van der Waals surface area contributed by atoms with Gasteiger partial charge < -0.3 is 9.73 Å². The van der Waals surface area contributed by atoms with Gasteiger partial charge in [-0.1, -0.05) is 13.8 Å². The Morgan fingerprint density at radius 3 is 2.43 bits per heavy atom. The predicted molar refractivity (Wildman–Crippen MR) is 83.1 cm³/mol. The molecule has 5 rings (SSSR count). The highest BCUT2D eigenvalue weighted by molar-refractivity contribution is 5.13. The summed E-state index contributed by atoms with van der Waals surface area (Å²) in [7, 11) is 0. The van der Waals surface area contributed by atoms with Crippen LogP contribution in [0.4, 0.5) is 0 Å². The lowest BCUT2D eigenvalue weighted by atomic mass is 9.51. The summed E-state index contributed by atoms with van der Waals surface area (Å²) in [6.07, 6.45) is 10.3. The molecule has 4 aliphatic rings. The summed E-state index contributed by atoms with van der Waals surface area (Å²) in [5, 5.41) is 3.43. The fourth-order valence-electron chi connectivity index (χ4n) is 5.45. The minimum absolute atomic E-state index is 0.531. The summed E-state index contributed by atoms with van der Waals surface area (Å²) in [6, 6.07) is 0.531. The first kappa shape index (κ1) is 13.8. The fourth-order valence-corrected chi connectivity index (χ4v) is 5.45. The molecule has 3 heteroatoms. The first-order chi connectivity index (χ1) is 10.2. The van der Waals surface area contributed by atoms with Crippen LogP contribution >= 0.6 is 0 Å². The summed E-state index contributed by atoms with van der Waals surface area (Å²) >= 11 is 0. The smallest absolute Gasteiger partial charge is 0.195 e. The van der Waals surface area contributed by atoms with E-state index in [1.54, 1.807) is 0 Å². The molecule has 0 unspecified atom stereocenters. The van der Waals surface area contributed by atoms with E-state index in [1.165, 1.54) is 37.9 Å². The van der Waals surface area contributed by atoms with Crippen LogP contribution in [0, 0.1) is 23.7 Å². The second-order valence-electron chi connectivity index (χ2n) is 7.97. The zero-order chi connectivity index (χ0) is 14.4. The van der Waals surface area contributed by atoms with Crippen molar-refractivity contribution in [1.82, 2.24) is 10.3 Å². The molecule has 1 N–H and O–H groups in total. The molecule has 4 fully saturated rings. The predicted octanol–water partition coefficient (Wildman–Crippen LogP) is 3.75. The van der Waals surface area contributed by atoms with Gasteiger partial charge >= 0.3 is 0 Å². The Kier molecular flexibility index (Phi) is 3.56. The van der Waals surface area contributed by atoms with Crippen LogP contribution < -0.4 is 5.32 Å². The zero-order valence-electron chi connectivity index (χ0n) is 13.3. The second-order valence-corrected chi connectivity index (χ2v) is 7.97. The van der Waals surface area contributed by atoms with Gasteiger partial charge in [-0.15, -0.1) is 0 Å². The molecule has 4 bridgehead atoms. The molecule has 0 radical (unpaired) electrons. The molecule has 1 aromatic heterocycles. The average molecular weight is 288 g/mol. The van der Waals surface area contributed by atoms with Gasteiger partial charge in [0.25, 0.3) is 0 Å². The molecule has 116 valence electrons. The van der Waals surface area contributed by atoms with E-state index in [9.17, 15) is 0 Å². The summed E-state index contributed by atoms with van der Waals surface area (Å²) in [4.78, 5) is 4.54. The number of aromatic nitrogens is 1. The monoisotopic (exact) mass is 288 g/mol. The van der Waals surface area contributed by atoms with Crippen molar-refractivity contribution in [3.63, 3.8) is 0 Å². The zero-order valence-corrected chi connectivity index (χ0v) is 13.3. The van der Waals surface area contributed by atoms with Crippen molar-refractivity contribution >= 4 is 0 Å². The highest BCUT2D eigenvalue weighted by atomic mass is 16.4. The quantitative estimate of drug-likeness (QED) is 0.896. The third kappa shape index (κ3) is 2.65. The number of oxazole rings is 1. The van der Waals surface area contributed by atoms with Crippen molar-refractivity contribution in [1.29, 1.82) is 0 Å². The van der Waals surface area contributed by atoms with Crippen LogP contribution in [0.25, 0.3) is 0 Å². The van der Waals surface area contributed by atoms with Crippen LogP contribution in [0.3, 0.4) is 0 Å². The number of nitrogens with zero attached hydrogens (tertiary/aromatic N) is 1. The molecule has 4 saturated carbocycles. The molecule has 3 nitrogen and oxygen atoms in total. The third-order valence-corrected chi connectivity index (χ3v) is 6.02. The first-order valence-corrected chi connectivity index (χ1v) is 8.87. The molecule has 0 aliphatic heterocycles. The van der Waals surface area contributed by atoms with Gasteiger partial charge in [-0.05, 0) is 55.8 Å². The minimum Gasteiger partial charge on any atom is -0.445 e. The van der Waals surface area contributed by atoms with E-state index >= 15 is 0 Å². The van der Waals surface area contributed by atoms with Gasteiger partial charge in [0.05, 0.1) is 6.20 Å². The number of hydrogen-bond acceptors (Lipinski definition) is 3. The van der Waals surface area contributed by atoms with Gasteiger partial charge in [0.2, 0.25) is 0 Å². The molecular weight excluding hydrogens is 260 g/mol. The summed E-state index contributed by atoms with van der Waals surface area (Å²) in [5.41, 5.74) is 0. The average Bonchev–Trinajstić information content (AvgIpc) is 2.85. The number of hydrogen-bond donors (Lipinski definition) is 1. The van der Waals surface area contributed by atoms with Gasteiger partial charge in [-0.2, -0.15) is 0 Å². The fraction of sp³-hybridized carbons (Fsp3) is 0.833. The Labute approximate surface area is 127 Å². The van der Waals surface area contributed by atoms with Gasteiger partial charge in [0, 0.05) is 24.9 Å². The minimum atomic E-state index is 0.531. The molecule has 0 amide bonds. The van der Waals surface area contributed by atoms with Crippen molar-refractivity contribution in [3.8, 4) is 0 Å². The first-order valence-electron chi connectivity index (χ1n) is 8.87. The topological polar surface area (TPSA) is 38.1 Å². The molecule has 0 atom stereocenters. The molecule has 21 heavy (non-hydrogen) atoms. The number of rotatable bonds is 5. The lowest BCUT2D eigenvalue weighted by Crippen LogP contribution is -2.43. The van der Waals surface area contributed by atoms with E-state index in [1.807, 2.05) is 6.20 Å². The van der Waals surface area contributed by atoms with Crippen molar-refractivity contribution in [3.05, 3.63) is 17.8 Å². The summed E-state index contributed by atoms with van der Waals surface area (Å²) < 4.78 is 6.14. The lowest BCUT2D eigenvalue weighted by molar-refractivity contribution is -0.00991. The van der Waals surface area contributed by atoms with Crippen molar-refractivity contribution in [2.24, 2.45) is 23.7 Å². The van der Waals surface area contributed by atoms with Gasteiger partial charge in [0.15, 0.2) is 5.89 Å². The van der Waals surface area contributed by atoms with Crippen LogP contribution in [0.15, 0.2) is 10.6 Å². The van der Waals surface area contributed by atoms with Crippen LogP contribution in [-0.4, -0.2) is 17.6 Å². The third-order valence-electron chi connectivity index (χ3n) is 6.02. The van der Waals surface area contributed by atoms with E-state index in [4.69, 9.17) is 4.42 Å². The Balaban J connectivity index is 1.43. The number of nitrogens with one attached hydrogen (secondary N) is 1. The Hall–Kier alpha value is -0.830. The van der Waals surface area contributed by atoms with Gasteiger partial charge in [-0.25, -0.2) is 4.98 Å². The normalized spacial score (nSPS) is 37.6. The van der Waals surface area contributed by atoms with E-state index < -0.39 is 0 Å². The summed E-state index contributed by atoms with van der Waals surface area (Å²) in [6.45, 7) is 5.31. The van der Waals surface area contributed by atoms with Gasteiger partial charge in [-0.3, -0.25) is 0 Å². The molecule has 4 aliphatic carbocycles. The van der Waals surface area contributed by atoms with E-state index in [-0.39, 0.29) is 0 Å². The Bertz CT molecular complexity index is 465. The molecule has 1 heterocycles. The molecule has 0 spiro atoms. The van der Waals surface area contributed by atoms with Crippen molar-refractivity contribution in [2.45, 2.75) is 64.3 Å². The van der Waals surface area contributed by atoms with E-state index in [0.717, 1.165) is 42.5 Å². The molecular formula is C18H28N2O. The summed E-state index contributed by atoms with van der Waals surface area (Å²) in [5.74, 6) is 6.63. The van der Waals surface area contributed by atoms with Crippen molar-refractivity contribution in [2.75, 3.05) is 6.54 Å². The van der Waals surface area contributed by atoms with E-state index in [2.05, 4.69) is 24.1 Å². The molecule has 0 saturated heterocycles. The largest absolute Gasteiger partial charge is 0.445 e. The lowest BCUT2D eigenvalue weighted by Gasteiger charge is -2.53. The van der Waals surface area contributed by atoms with E-state index in [0.29, 0.717) is 12.0 Å². The standard InChI is InChI=1S/C18H28N2O/c1-11(2)19-4-3-17-20-10-16(21-17)18-14-6-12-5-13(8-14)9-15(18)7-12/h10-15,18-19H,3-9H2,1-2H3. The Morgan fingerprint density at radius 1 is 1.14 bits per heavy atom. The molecule has 1 aromatic rings. The maximum absolute atomic E-state index is 6.14. The van der Waals surface area contributed by atoms with Crippen LogP contribution in [0.2, 0.25) is 0 Å².